The van der Waals surface area contributed by atoms with Crippen LogP contribution in [0.1, 0.15) is 63.2 Å². The number of nitrogens with zero attached hydrogens (tertiary/aromatic N) is 3. The molecule has 5 nitrogen and oxygen atoms in total. The largest absolute Gasteiger partial charge is 0.317 e. The Hall–Kier alpha value is -0.240. The lowest BCUT2D eigenvalue weighted by molar-refractivity contribution is 0.103. The first-order chi connectivity index (χ1) is 11.6. The molecule has 2 unspecified atom stereocenters. The van der Waals surface area contributed by atoms with Crippen LogP contribution < -0.4 is 0 Å². The van der Waals surface area contributed by atoms with Crippen LogP contribution in [-0.2, 0) is 9.05 Å². The number of hydrogen-bond acceptors (Lipinski definition) is 4. The van der Waals surface area contributed by atoms with Crippen molar-refractivity contribution in [2.24, 2.45) is 0 Å². The Balaban J connectivity index is 2.85. The van der Waals surface area contributed by atoms with Gasteiger partial charge >= 0.3 is 0 Å². The van der Waals surface area contributed by atoms with Crippen molar-refractivity contribution >= 4 is 8.53 Å². The molecule has 24 heavy (non-hydrogen) atoms. The maximum absolute atomic E-state index is 7.87. The van der Waals surface area contributed by atoms with E-state index in [0.29, 0.717) is 32.1 Å². The highest BCUT2D eigenvalue weighted by Gasteiger charge is 2.39. The Kier molecular flexibility index (Phi) is 7.91. The molecule has 1 rings (SSSR count). The molecule has 1 heterocycles. The maximum Gasteiger partial charge on any atom is 0.259 e. The van der Waals surface area contributed by atoms with E-state index in [4.69, 9.17) is 17.0 Å². The molecule has 0 bridgehead atoms. The summed E-state index contributed by atoms with van der Waals surface area (Å²) < 4.78 is 22.6. The summed E-state index contributed by atoms with van der Waals surface area (Å²) in [6.07, 6.45) is 0.948. The SMILES string of the molecule is [2H]C[C@@H]1CC(OP(OCC[N+]#[C-])N(C(C)C)C(C)C)CN1C(C)(C)C. The lowest BCUT2D eigenvalue weighted by Gasteiger charge is -2.37. The first kappa shape index (κ1) is 20.1. The first-order valence-electron chi connectivity index (χ1n) is 9.59. The van der Waals surface area contributed by atoms with E-state index in [1.54, 1.807) is 0 Å². The molecule has 1 aliphatic rings. The summed E-state index contributed by atoms with van der Waals surface area (Å²) in [5.41, 5.74) is 0.0350. The Morgan fingerprint density at radius 2 is 1.96 bits per heavy atom. The lowest BCUT2D eigenvalue weighted by Crippen LogP contribution is -2.44. The molecule has 140 valence electrons. The smallest absolute Gasteiger partial charge is 0.259 e. The van der Waals surface area contributed by atoms with Gasteiger partial charge in [0.2, 0.25) is 6.54 Å². The minimum atomic E-state index is -1.20. The summed E-state index contributed by atoms with van der Waals surface area (Å²) in [6, 6.07) is 0.855. The molecule has 1 aliphatic heterocycles. The minimum Gasteiger partial charge on any atom is -0.317 e. The second-order valence-electron chi connectivity index (χ2n) is 7.96. The van der Waals surface area contributed by atoms with Gasteiger partial charge in [0.1, 0.15) is 6.61 Å². The molecule has 6 heteroatoms. The van der Waals surface area contributed by atoms with Crippen molar-refractivity contribution in [1.82, 2.24) is 9.57 Å². The summed E-state index contributed by atoms with van der Waals surface area (Å²) in [5, 5.41) is 0. The van der Waals surface area contributed by atoms with Crippen molar-refractivity contribution in [1.29, 1.82) is 0 Å². The van der Waals surface area contributed by atoms with Crippen LogP contribution in [0, 0.1) is 6.57 Å². The van der Waals surface area contributed by atoms with Crippen LogP contribution in [0.4, 0.5) is 0 Å². The Morgan fingerprint density at radius 1 is 1.33 bits per heavy atom. The maximum atomic E-state index is 7.87. The van der Waals surface area contributed by atoms with Gasteiger partial charge in [-0.25, -0.2) is 11.2 Å². The molecule has 0 aliphatic carbocycles. The van der Waals surface area contributed by atoms with Gasteiger partial charge in [-0.05, 0) is 61.8 Å². The standard InChI is InChI=1S/C18H36N3O2P/c1-14(2)21(15(3)4)24(22-11-10-19-9)23-17-12-16(5)20(13-17)18(6,7)8/h14-17H,10-13H2,1-8H3/t16-,17?,24?/m1/s1/i5D. The Morgan fingerprint density at radius 3 is 2.38 bits per heavy atom. The third-order valence-electron chi connectivity index (χ3n) is 4.13. The van der Waals surface area contributed by atoms with Gasteiger partial charge in [0.15, 0.2) is 0 Å². The zero-order chi connectivity index (χ0) is 19.2. The predicted molar refractivity (Wildman–Crippen MR) is 102 cm³/mol. The average Bonchev–Trinajstić information content (AvgIpc) is 2.89. The van der Waals surface area contributed by atoms with Gasteiger partial charge in [0, 0.05) is 31.6 Å². The summed E-state index contributed by atoms with van der Waals surface area (Å²) >= 11 is 0. The fourth-order valence-electron chi connectivity index (χ4n) is 3.19. The second-order valence-corrected chi connectivity index (χ2v) is 9.37. The highest BCUT2D eigenvalue weighted by atomic mass is 31.2. The van der Waals surface area contributed by atoms with Gasteiger partial charge in [-0.1, -0.05) is 0 Å². The average molecular weight is 358 g/mol. The molecule has 0 aromatic heterocycles. The molecule has 0 N–H and O–H groups in total. The van der Waals surface area contributed by atoms with Crippen molar-refractivity contribution in [2.75, 3.05) is 19.7 Å². The molecule has 0 spiro atoms. The molecule has 0 aromatic rings. The van der Waals surface area contributed by atoms with Crippen LogP contribution in [0.2, 0.25) is 0 Å². The van der Waals surface area contributed by atoms with Gasteiger partial charge in [0.25, 0.3) is 8.53 Å². The molecule has 0 amide bonds. The highest BCUT2D eigenvalue weighted by Crippen LogP contribution is 2.48. The van der Waals surface area contributed by atoms with Crippen molar-refractivity contribution < 1.29 is 10.4 Å². The molecule has 1 saturated heterocycles. The first-order valence-corrected chi connectivity index (χ1v) is 10.0. The molecule has 0 radical (unpaired) electrons. The predicted octanol–water partition coefficient (Wildman–Crippen LogP) is 4.55. The van der Waals surface area contributed by atoms with Gasteiger partial charge in [-0.15, -0.1) is 0 Å². The zero-order valence-electron chi connectivity index (χ0n) is 17.5. The van der Waals surface area contributed by atoms with Gasteiger partial charge in [0.05, 0.1) is 6.10 Å². The van der Waals surface area contributed by atoms with Crippen LogP contribution in [0.15, 0.2) is 0 Å². The summed E-state index contributed by atoms with van der Waals surface area (Å²) in [4.78, 5) is 5.77. The molecule has 3 atom stereocenters. The normalized spacial score (nSPS) is 24.6. The third kappa shape index (κ3) is 6.24. The molecular formula is C18H36N3O2P. The van der Waals surface area contributed by atoms with E-state index < -0.39 is 8.53 Å². The zero-order valence-corrected chi connectivity index (χ0v) is 17.3. The van der Waals surface area contributed by atoms with Gasteiger partial charge in [-0.3, -0.25) is 4.90 Å². The second kappa shape index (κ2) is 9.46. The van der Waals surface area contributed by atoms with E-state index in [0.717, 1.165) is 13.0 Å². The van der Waals surface area contributed by atoms with Crippen molar-refractivity contribution in [3.63, 3.8) is 0 Å². The molecule has 0 saturated carbocycles. The van der Waals surface area contributed by atoms with Crippen molar-refractivity contribution in [2.45, 2.75) is 91.6 Å². The third-order valence-corrected chi connectivity index (χ3v) is 6.31. The van der Waals surface area contributed by atoms with Gasteiger partial charge in [-0.2, -0.15) is 0 Å². The van der Waals surface area contributed by atoms with Gasteiger partial charge < -0.3 is 13.9 Å². The molecule has 0 aromatic carbocycles. The van der Waals surface area contributed by atoms with E-state index in [2.05, 4.69) is 62.9 Å². The molecular weight excluding hydrogens is 321 g/mol. The number of hydrogen-bond donors (Lipinski definition) is 0. The minimum absolute atomic E-state index is 0.0350. The van der Waals surface area contributed by atoms with E-state index >= 15 is 0 Å². The van der Waals surface area contributed by atoms with Crippen molar-refractivity contribution in [3.8, 4) is 0 Å². The quantitative estimate of drug-likeness (QED) is 0.362. The van der Waals surface area contributed by atoms with E-state index in [9.17, 15) is 0 Å². The Bertz CT molecular complexity index is 429. The van der Waals surface area contributed by atoms with E-state index in [1.807, 2.05) is 0 Å². The van der Waals surface area contributed by atoms with Crippen LogP contribution in [-0.4, -0.2) is 59.0 Å². The van der Waals surface area contributed by atoms with Crippen LogP contribution >= 0.6 is 8.53 Å². The summed E-state index contributed by atoms with van der Waals surface area (Å²) in [7, 11) is -1.20. The fourth-order valence-corrected chi connectivity index (χ4v) is 4.89. The Labute approximate surface area is 151 Å². The monoisotopic (exact) mass is 358 g/mol. The number of rotatable bonds is 8. The summed E-state index contributed by atoms with van der Waals surface area (Å²) in [6.45, 7) is 24.2. The summed E-state index contributed by atoms with van der Waals surface area (Å²) in [5.74, 6) is 0. The van der Waals surface area contributed by atoms with Crippen LogP contribution in [0.5, 0.6) is 0 Å². The van der Waals surface area contributed by atoms with Crippen LogP contribution in [0.3, 0.4) is 0 Å². The van der Waals surface area contributed by atoms with E-state index in [-0.39, 0.29) is 17.7 Å². The van der Waals surface area contributed by atoms with Crippen molar-refractivity contribution in [3.05, 3.63) is 11.4 Å². The van der Waals surface area contributed by atoms with Crippen LogP contribution in [0.25, 0.3) is 4.85 Å². The lowest BCUT2D eigenvalue weighted by atomic mass is 10.1. The highest BCUT2D eigenvalue weighted by molar-refractivity contribution is 7.44. The molecule has 1 fully saturated rings. The number of likely N-dealkylation sites (tertiary alicyclic amines) is 1. The fraction of sp³-hybridized carbons (Fsp3) is 0.944. The topological polar surface area (TPSA) is 29.3 Å². The van der Waals surface area contributed by atoms with E-state index in [1.165, 1.54) is 0 Å².